The van der Waals surface area contributed by atoms with Crippen LogP contribution in [0.4, 0.5) is 0 Å². The van der Waals surface area contributed by atoms with Crippen LogP contribution in [-0.2, 0) is 5.54 Å². The number of nitrogens with zero attached hydrogens (tertiary/aromatic N) is 2. The fourth-order valence-electron chi connectivity index (χ4n) is 2.60. The number of nitrogens with two attached hydrogens (primary N) is 1. The number of fused-ring (bicyclic) bond motifs is 1. The largest absolute Gasteiger partial charge is 0.324 e. The highest BCUT2D eigenvalue weighted by atomic mass is 15.1. The zero-order valence-electron chi connectivity index (χ0n) is 11.8. The van der Waals surface area contributed by atoms with Crippen molar-refractivity contribution in [2.75, 3.05) is 0 Å². The van der Waals surface area contributed by atoms with Gasteiger partial charge in [-0.05, 0) is 39.3 Å². The first-order valence-electron chi connectivity index (χ1n) is 6.73. The molecule has 0 aliphatic heterocycles. The minimum atomic E-state index is -0.363. The summed E-state index contributed by atoms with van der Waals surface area (Å²) in [5.41, 5.74) is 8.32. The maximum absolute atomic E-state index is 6.47. The van der Waals surface area contributed by atoms with Gasteiger partial charge in [-0.3, -0.25) is 0 Å². The monoisotopic (exact) mass is 245 g/mol. The van der Waals surface area contributed by atoms with Crippen molar-refractivity contribution in [3.63, 3.8) is 0 Å². The summed E-state index contributed by atoms with van der Waals surface area (Å²) in [6.07, 6.45) is 2.01. The van der Waals surface area contributed by atoms with Gasteiger partial charge in [-0.2, -0.15) is 0 Å². The smallest absolute Gasteiger partial charge is 0.130 e. The molecule has 0 aliphatic rings. The van der Waals surface area contributed by atoms with E-state index in [1.165, 1.54) is 5.52 Å². The number of aromatic nitrogens is 2. The van der Waals surface area contributed by atoms with Gasteiger partial charge in [-0.25, -0.2) is 4.98 Å². The molecule has 1 aromatic heterocycles. The van der Waals surface area contributed by atoms with Crippen molar-refractivity contribution >= 4 is 11.0 Å². The number of para-hydroxylation sites is 2. The number of rotatable bonds is 4. The van der Waals surface area contributed by atoms with Crippen LogP contribution < -0.4 is 5.73 Å². The fourth-order valence-corrected chi connectivity index (χ4v) is 2.60. The van der Waals surface area contributed by atoms with E-state index in [4.69, 9.17) is 10.7 Å². The topological polar surface area (TPSA) is 43.8 Å². The lowest BCUT2D eigenvalue weighted by Crippen LogP contribution is -2.36. The molecule has 1 aromatic carbocycles. The first-order valence-corrected chi connectivity index (χ1v) is 6.73. The van der Waals surface area contributed by atoms with Crippen molar-refractivity contribution in [3.8, 4) is 0 Å². The highest BCUT2D eigenvalue weighted by Gasteiger charge is 2.28. The van der Waals surface area contributed by atoms with E-state index in [-0.39, 0.29) is 5.54 Å². The molecule has 2 N–H and O–H groups in total. The highest BCUT2D eigenvalue weighted by molar-refractivity contribution is 5.76. The normalized spacial score (nSPS) is 15.2. The molecule has 3 nitrogen and oxygen atoms in total. The van der Waals surface area contributed by atoms with Gasteiger partial charge in [0.25, 0.3) is 0 Å². The third-order valence-electron chi connectivity index (χ3n) is 3.39. The van der Waals surface area contributed by atoms with E-state index in [2.05, 4.69) is 50.5 Å². The van der Waals surface area contributed by atoms with Crippen molar-refractivity contribution in [3.05, 3.63) is 30.1 Å². The average molecular weight is 245 g/mol. The predicted octanol–water partition coefficient (Wildman–Crippen LogP) is 3.59. The van der Waals surface area contributed by atoms with Crippen molar-refractivity contribution in [2.45, 2.75) is 52.1 Å². The summed E-state index contributed by atoms with van der Waals surface area (Å²) in [6, 6.07) is 8.62. The maximum atomic E-state index is 6.47. The lowest BCUT2D eigenvalue weighted by Gasteiger charge is -2.26. The molecule has 2 rings (SSSR count). The molecule has 0 bridgehead atoms. The molecule has 0 spiro atoms. The Morgan fingerprint density at radius 3 is 2.61 bits per heavy atom. The second-order valence-corrected chi connectivity index (χ2v) is 5.56. The second kappa shape index (κ2) is 4.73. The van der Waals surface area contributed by atoms with Gasteiger partial charge in [0.2, 0.25) is 0 Å². The Hall–Kier alpha value is -1.35. The Kier molecular flexibility index (Phi) is 3.44. The molecule has 0 radical (unpaired) electrons. The molecule has 1 atom stereocenters. The molecule has 0 saturated carbocycles. The van der Waals surface area contributed by atoms with Gasteiger partial charge in [-0.1, -0.05) is 25.5 Å². The van der Waals surface area contributed by atoms with Gasteiger partial charge in [0.05, 0.1) is 16.6 Å². The molecule has 98 valence electrons. The van der Waals surface area contributed by atoms with Crippen molar-refractivity contribution in [2.24, 2.45) is 5.73 Å². The molecule has 0 saturated heterocycles. The Morgan fingerprint density at radius 1 is 1.33 bits per heavy atom. The number of hydrogen-bond donors (Lipinski definition) is 1. The molecular formula is C15H23N3. The van der Waals surface area contributed by atoms with Gasteiger partial charge in [0, 0.05) is 6.04 Å². The predicted molar refractivity (Wildman–Crippen MR) is 76.6 cm³/mol. The van der Waals surface area contributed by atoms with Gasteiger partial charge in [0.1, 0.15) is 5.82 Å². The van der Waals surface area contributed by atoms with E-state index >= 15 is 0 Å². The lowest BCUT2D eigenvalue weighted by molar-refractivity contribution is 0.390. The highest BCUT2D eigenvalue weighted by Crippen LogP contribution is 2.29. The van der Waals surface area contributed by atoms with E-state index in [9.17, 15) is 0 Å². The minimum absolute atomic E-state index is 0.363. The van der Waals surface area contributed by atoms with Crippen LogP contribution in [0.25, 0.3) is 11.0 Å². The fraction of sp³-hybridized carbons (Fsp3) is 0.533. The molecule has 2 aromatic rings. The summed E-state index contributed by atoms with van der Waals surface area (Å²) in [5.74, 6) is 1.00. The molecule has 1 unspecified atom stereocenters. The summed E-state index contributed by atoms with van der Waals surface area (Å²) in [5, 5.41) is 0. The second-order valence-electron chi connectivity index (χ2n) is 5.56. The van der Waals surface area contributed by atoms with Crippen LogP contribution in [0, 0.1) is 0 Å². The molecule has 0 amide bonds. The third-order valence-corrected chi connectivity index (χ3v) is 3.39. The SMILES string of the molecule is CCCC(C)(N)c1nc2ccccc2n1C(C)C. The zero-order valence-corrected chi connectivity index (χ0v) is 11.8. The van der Waals surface area contributed by atoms with Crippen LogP contribution in [-0.4, -0.2) is 9.55 Å². The first-order chi connectivity index (χ1) is 8.47. The average Bonchev–Trinajstić information content (AvgIpc) is 2.68. The summed E-state index contributed by atoms with van der Waals surface area (Å²) in [7, 11) is 0. The lowest BCUT2D eigenvalue weighted by atomic mass is 9.96. The van der Waals surface area contributed by atoms with E-state index in [1.807, 2.05) is 6.07 Å². The third kappa shape index (κ3) is 2.15. The van der Waals surface area contributed by atoms with Gasteiger partial charge in [0.15, 0.2) is 0 Å². The van der Waals surface area contributed by atoms with Crippen LogP contribution in [0.3, 0.4) is 0 Å². The van der Waals surface area contributed by atoms with Gasteiger partial charge >= 0.3 is 0 Å². The molecular weight excluding hydrogens is 222 g/mol. The van der Waals surface area contributed by atoms with Crippen molar-refractivity contribution in [1.29, 1.82) is 0 Å². The van der Waals surface area contributed by atoms with Crippen LogP contribution in [0.5, 0.6) is 0 Å². The minimum Gasteiger partial charge on any atom is -0.324 e. The molecule has 0 aliphatic carbocycles. The van der Waals surface area contributed by atoms with E-state index < -0.39 is 0 Å². The van der Waals surface area contributed by atoms with Gasteiger partial charge in [-0.15, -0.1) is 0 Å². The number of hydrogen-bond acceptors (Lipinski definition) is 2. The van der Waals surface area contributed by atoms with E-state index in [0.717, 1.165) is 24.2 Å². The summed E-state index contributed by atoms with van der Waals surface area (Å²) >= 11 is 0. The van der Waals surface area contributed by atoms with Crippen LogP contribution in [0.15, 0.2) is 24.3 Å². The molecule has 3 heteroatoms. The Balaban J connectivity index is 2.66. The van der Waals surface area contributed by atoms with E-state index in [0.29, 0.717) is 6.04 Å². The van der Waals surface area contributed by atoms with E-state index in [1.54, 1.807) is 0 Å². The summed E-state index contributed by atoms with van der Waals surface area (Å²) < 4.78 is 2.27. The van der Waals surface area contributed by atoms with Crippen molar-refractivity contribution < 1.29 is 0 Å². The van der Waals surface area contributed by atoms with Gasteiger partial charge < -0.3 is 10.3 Å². The number of imidazole rings is 1. The standard InChI is InChI=1S/C15H23N3/c1-5-10-15(4,16)14-17-12-8-6-7-9-13(12)18(14)11(2)3/h6-9,11H,5,10,16H2,1-4H3. The maximum Gasteiger partial charge on any atom is 0.130 e. The Morgan fingerprint density at radius 2 is 2.00 bits per heavy atom. The number of benzene rings is 1. The first kappa shape index (κ1) is 13.1. The Bertz CT molecular complexity index is 538. The molecule has 1 heterocycles. The van der Waals surface area contributed by atoms with Crippen LogP contribution >= 0.6 is 0 Å². The summed E-state index contributed by atoms with van der Waals surface area (Å²) in [4.78, 5) is 4.76. The Labute approximate surface area is 109 Å². The van der Waals surface area contributed by atoms with Crippen LogP contribution in [0.2, 0.25) is 0 Å². The van der Waals surface area contributed by atoms with Crippen LogP contribution in [0.1, 0.15) is 52.4 Å². The molecule has 0 fully saturated rings. The molecule has 18 heavy (non-hydrogen) atoms. The quantitative estimate of drug-likeness (QED) is 0.894. The van der Waals surface area contributed by atoms with Crippen molar-refractivity contribution in [1.82, 2.24) is 9.55 Å². The zero-order chi connectivity index (χ0) is 13.3. The summed E-state index contributed by atoms with van der Waals surface area (Å²) in [6.45, 7) is 8.60.